The molecule has 0 aliphatic rings. The molecule has 0 aromatic carbocycles. The number of ether oxygens (including phenoxy) is 1. The number of carbonyl (C=O) groups excluding carboxylic acids is 2. The fourth-order valence-electron chi connectivity index (χ4n) is 2.09. The molecule has 2 aromatic rings. The summed E-state index contributed by atoms with van der Waals surface area (Å²) in [6, 6.07) is 0. The zero-order valence-electron chi connectivity index (χ0n) is 13.3. The van der Waals surface area contributed by atoms with Crippen LogP contribution in [-0.2, 0) is 11.2 Å². The van der Waals surface area contributed by atoms with Crippen LogP contribution in [0.2, 0.25) is 0 Å². The number of nitrogens with one attached hydrogen (secondary N) is 1. The summed E-state index contributed by atoms with van der Waals surface area (Å²) in [5, 5.41) is 5.10. The lowest BCUT2D eigenvalue weighted by molar-refractivity contribution is 0.0527. The van der Waals surface area contributed by atoms with E-state index in [4.69, 9.17) is 4.74 Å². The van der Waals surface area contributed by atoms with Crippen LogP contribution in [0.15, 0.2) is 24.0 Å². The summed E-state index contributed by atoms with van der Waals surface area (Å²) in [7, 11) is 0. The van der Waals surface area contributed by atoms with E-state index in [0.29, 0.717) is 16.5 Å². The van der Waals surface area contributed by atoms with Gasteiger partial charge in [0.1, 0.15) is 10.7 Å². The van der Waals surface area contributed by atoms with Crippen LogP contribution in [0.25, 0.3) is 0 Å². The smallest absolute Gasteiger partial charge is 0.341 e. The average Bonchev–Trinajstić information content (AvgIpc) is 2.90. The maximum Gasteiger partial charge on any atom is 0.341 e. The van der Waals surface area contributed by atoms with Gasteiger partial charge in [0.15, 0.2) is 0 Å². The second-order valence-corrected chi connectivity index (χ2v) is 6.21. The molecule has 0 spiro atoms. The van der Waals surface area contributed by atoms with Crippen molar-refractivity contribution in [1.29, 1.82) is 0 Å². The van der Waals surface area contributed by atoms with Crippen LogP contribution in [-0.4, -0.2) is 28.5 Å². The van der Waals surface area contributed by atoms with Crippen molar-refractivity contribution < 1.29 is 14.3 Å². The number of thiophene rings is 1. The van der Waals surface area contributed by atoms with E-state index in [2.05, 4.69) is 29.1 Å². The Balaban J connectivity index is 2.29. The normalized spacial score (nSPS) is 10.6. The molecule has 0 saturated heterocycles. The number of hydrogen-bond acceptors (Lipinski definition) is 6. The number of carbonyl (C=O) groups is 2. The van der Waals surface area contributed by atoms with Gasteiger partial charge in [-0.05, 0) is 30.2 Å². The third kappa shape index (κ3) is 4.35. The molecule has 0 fully saturated rings. The first-order valence-electron chi connectivity index (χ1n) is 7.37. The zero-order chi connectivity index (χ0) is 16.8. The van der Waals surface area contributed by atoms with Crippen LogP contribution in [0.4, 0.5) is 5.00 Å². The number of hydrogen-bond donors (Lipinski definition) is 1. The summed E-state index contributed by atoms with van der Waals surface area (Å²) >= 11 is 1.31. The molecular weight excluding hydrogens is 314 g/mol. The van der Waals surface area contributed by atoms with Gasteiger partial charge in [-0.3, -0.25) is 9.78 Å². The van der Waals surface area contributed by atoms with E-state index in [1.807, 2.05) is 5.38 Å². The van der Waals surface area contributed by atoms with E-state index < -0.39 is 11.9 Å². The standard InChI is InChI=1S/C16H19N3O3S/c1-4-22-16(21)13-11(7-10(2)3)9-23-15(13)19-14(20)12-8-17-5-6-18-12/h5-6,8-10H,4,7H2,1-3H3,(H,19,20). The Morgan fingerprint density at radius 1 is 1.35 bits per heavy atom. The number of amides is 1. The minimum Gasteiger partial charge on any atom is -0.462 e. The molecule has 0 saturated carbocycles. The van der Waals surface area contributed by atoms with Crippen LogP contribution in [0.3, 0.4) is 0 Å². The van der Waals surface area contributed by atoms with Crippen molar-refractivity contribution in [2.24, 2.45) is 5.92 Å². The van der Waals surface area contributed by atoms with E-state index in [1.165, 1.54) is 29.9 Å². The molecule has 7 heteroatoms. The molecule has 2 aromatic heterocycles. The van der Waals surface area contributed by atoms with Gasteiger partial charge in [0, 0.05) is 12.4 Å². The minimum atomic E-state index is -0.418. The average molecular weight is 333 g/mol. The maximum absolute atomic E-state index is 12.3. The Bertz CT molecular complexity index is 683. The molecule has 0 aliphatic heterocycles. The van der Waals surface area contributed by atoms with Crippen LogP contribution in [0, 0.1) is 5.92 Å². The highest BCUT2D eigenvalue weighted by molar-refractivity contribution is 7.15. The summed E-state index contributed by atoms with van der Waals surface area (Å²) in [5.41, 5.74) is 1.52. The Kier molecular flexibility index (Phi) is 5.81. The van der Waals surface area contributed by atoms with Gasteiger partial charge in [-0.2, -0.15) is 0 Å². The highest BCUT2D eigenvalue weighted by Gasteiger charge is 2.22. The topological polar surface area (TPSA) is 81.2 Å². The lowest BCUT2D eigenvalue weighted by Gasteiger charge is -2.09. The largest absolute Gasteiger partial charge is 0.462 e. The molecule has 6 nitrogen and oxygen atoms in total. The van der Waals surface area contributed by atoms with Crippen LogP contribution >= 0.6 is 11.3 Å². The maximum atomic E-state index is 12.3. The van der Waals surface area contributed by atoms with Crippen LogP contribution in [0.1, 0.15) is 47.2 Å². The lowest BCUT2D eigenvalue weighted by atomic mass is 10.0. The minimum absolute atomic E-state index is 0.195. The van der Waals surface area contributed by atoms with E-state index in [9.17, 15) is 9.59 Å². The van der Waals surface area contributed by atoms with Crippen LogP contribution in [0.5, 0.6) is 0 Å². The summed E-state index contributed by atoms with van der Waals surface area (Å²) in [6.07, 6.45) is 5.06. The second kappa shape index (κ2) is 7.82. The molecule has 0 unspecified atom stereocenters. The molecule has 0 bridgehead atoms. The first-order chi connectivity index (χ1) is 11.0. The fraction of sp³-hybridized carbons (Fsp3) is 0.375. The van der Waals surface area contributed by atoms with Crippen molar-refractivity contribution in [3.8, 4) is 0 Å². The van der Waals surface area contributed by atoms with E-state index in [1.54, 1.807) is 6.92 Å². The molecule has 122 valence electrons. The monoisotopic (exact) mass is 333 g/mol. The predicted octanol–water partition coefficient (Wildman–Crippen LogP) is 3.17. The molecule has 0 atom stereocenters. The number of rotatable bonds is 6. The van der Waals surface area contributed by atoms with Gasteiger partial charge in [-0.15, -0.1) is 11.3 Å². The van der Waals surface area contributed by atoms with Gasteiger partial charge in [0.2, 0.25) is 0 Å². The highest BCUT2D eigenvalue weighted by atomic mass is 32.1. The van der Waals surface area contributed by atoms with Crippen molar-refractivity contribution >= 4 is 28.2 Å². The van der Waals surface area contributed by atoms with Crippen molar-refractivity contribution in [2.45, 2.75) is 27.2 Å². The lowest BCUT2D eigenvalue weighted by Crippen LogP contribution is -2.16. The SMILES string of the molecule is CCOC(=O)c1c(CC(C)C)csc1NC(=O)c1cnccn1. The first kappa shape index (κ1) is 17.1. The molecule has 1 amide bonds. The van der Waals surface area contributed by atoms with E-state index >= 15 is 0 Å². The Morgan fingerprint density at radius 3 is 2.74 bits per heavy atom. The summed E-state index contributed by atoms with van der Waals surface area (Å²) in [5.74, 6) is -0.429. The summed E-state index contributed by atoms with van der Waals surface area (Å²) < 4.78 is 5.12. The molecule has 23 heavy (non-hydrogen) atoms. The van der Waals surface area contributed by atoms with Gasteiger partial charge in [0.25, 0.3) is 5.91 Å². The fourth-order valence-corrected chi connectivity index (χ4v) is 3.04. The van der Waals surface area contributed by atoms with Gasteiger partial charge in [0.05, 0.1) is 18.4 Å². The van der Waals surface area contributed by atoms with E-state index in [-0.39, 0.29) is 12.3 Å². The van der Waals surface area contributed by atoms with Gasteiger partial charge in [-0.1, -0.05) is 13.8 Å². The number of aromatic nitrogens is 2. The Hall–Kier alpha value is -2.28. The van der Waals surface area contributed by atoms with E-state index in [0.717, 1.165) is 12.0 Å². The number of anilines is 1. The van der Waals surface area contributed by atoms with Crippen molar-refractivity contribution in [2.75, 3.05) is 11.9 Å². The number of esters is 1. The number of nitrogens with zero attached hydrogens (tertiary/aromatic N) is 2. The summed E-state index contributed by atoms with van der Waals surface area (Å²) in [4.78, 5) is 32.3. The quantitative estimate of drug-likeness (QED) is 0.821. The van der Waals surface area contributed by atoms with Crippen molar-refractivity contribution in [3.63, 3.8) is 0 Å². The summed E-state index contributed by atoms with van der Waals surface area (Å²) in [6.45, 7) is 6.19. The molecule has 2 heterocycles. The van der Waals surface area contributed by atoms with Gasteiger partial charge < -0.3 is 10.1 Å². The third-order valence-corrected chi connectivity index (χ3v) is 3.94. The molecule has 0 aliphatic carbocycles. The second-order valence-electron chi connectivity index (χ2n) is 5.33. The predicted molar refractivity (Wildman–Crippen MR) is 88.8 cm³/mol. The van der Waals surface area contributed by atoms with Crippen LogP contribution < -0.4 is 5.32 Å². The zero-order valence-corrected chi connectivity index (χ0v) is 14.1. The van der Waals surface area contributed by atoms with Gasteiger partial charge >= 0.3 is 5.97 Å². The molecule has 0 radical (unpaired) electrons. The Morgan fingerprint density at radius 2 is 2.13 bits per heavy atom. The molecular formula is C16H19N3O3S. The van der Waals surface area contributed by atoms with Crippen molar-refractivity contribution in [1.82, 2.24) is 9.97 Å². The molecule has 1 N–H and O–H groups in total. The van der Waals surface area contributed by atoms with Crippen molar-refractivity contribution in [3.05, 3.63) is 40.8 Å². The first-order valence-corrected chi connectivity index (χ1v) is 8.25. The van der Waals surface area contributed by atoms with Gasteiger partial charge in [-0.25, -0.2) is 9.78 Å². The third-order valence-electron chi connectivity index (χ3n) is 3.00. The molecule has 2 rings (SSSR count). The Labute approximate surface area is 138 Å². The highest BCUT2D eigenvalue weighted by Crippen LogP contribution is 2.31.